The molecule has 1 rings (SSSR count). The average molecular weight is 221 g/mol. The Labute approximate surface area is 92.2 Å². The van der Waals surface area contributed by atoms with E-state index in [0.29, 0.717) is 11.1 Å². The van der Waals surface area contributed by atoms with Crippen molar-refractivity contribution in [3.63, 3.8) is 0 Å². The predicted molar refractivity (Wildman–Crippen MR) is 54.7 cm³/mol. The molecule has 0 saturated heterocycles. The predicted octanol–water partition coefficient (Wildman–Crippen LogP) is 0.611. The first-order valence-corrected chi connectivity index (χ1v) is 4.57. The van der Waals surface area contributed by atoms with Crippen LogP contribution in [0.3, 0.4) is 0 Å². The van der Waals surface area contributed by atoms with E-state index in [1.807, 2.05) is 0 Å². The maximum Gasteiger partial charge on any atom is 0.335 e. The van der Waals surface area contributed by atoms with Gasteiger partial charge in [0.15, 0.2) is 6.10 Å². The van der Waals surface area contributed by atoms with Crippen molar-refractivity contribution >= 4 is 5.97 Å². The molecule has 0 spiro atoms. The molecule has 0 fully saturated rings. The summed E-state index contributed by atoms with van der Waals surface area (Å²) < 4.78 is 0. The third kappa shape index (κ3) is 2.37. The van der Waals surface area contributed by atoms with Gasteiger partial charge in [-0.15, -0.1) is 0 Å². The molecule has 0 radical (unpaired) electrons. The van der Waals surface area contributed by atoms with Crippen molar-refractivity contribution in [2.45, 2.75) is 19.1 Å². The molecule has 0 aliphatic carbocycles. The van der Waals surface area contributed by atoms with Crippen LogP contribution in [0.25, 0.3) is 0 Å². The molecule has 1 aromatic rings. The number of aliphatic hydroxyl groups is 2. The number of nitrogens with zero attached hydrogens (tertiary/aromatic N) is 1. The van der Waals surface area contributed by atoms with E-state index >= 15 is 0 Å². The van der Waals surface area contributed by atoms with E-state index in [-0.39, 0.29) is 5.56 Å². The number of carbonyl (C=O) groups is 1. The molecule has 84 valence electrons. The summed E-state index contributed by atoms with van der Waals surface area (Å²) in [7, 11) is 0. The van der Waals surface area contributed by atoms with Crippen molar-refractivity contribution in [1.29, 1.82) is 5.26 Å². The SMILES string of the molecule is Cc1cc(C(=O)O)ccc1C(O)C(O)C#N. The van der Waals surface area contributed by atoms with Gasteiger partial charge >= 0.3 is 5.97 Å². The lowest BCUT2D eigenvalue weighted by molar-refractivity contribution is 0.0523. The minimum absolute atomic E-state index is 0.0971. The van der Waals surface area contributed by atoms with Crippen molar-refractivity contribution in [2.75, 3.05) is 0 Å². The molecule has 5 heteroatoms. The summed E-state index contributed by atoms with van der Waals surface area (Å²) in [5, 5.41) is 35.9. The molecule has 3 N–H and O–H groups in total. The van der Waals surface area contributed by atoms with E-state index in [2.05, 4.69) is 0 Å². The van der Waals surface area contributed by atoms with Gasteiger partial charge < -0.3 is 15.3 Å². The van der Waals surface area contributed by atoms with E-state index in [0.717, 1.165) is 0 Å². The fourth-order valence-corrected chi connectivity index (χ4v) is 1.38. The molecular formula is C11H11NO4. The maximum atomic E-state index is 10.7. The third-order valence-electron chi connectivity index (χ3n) is 2.27. The molecule has 2 atom stereocenters. The smallest absolute Gasteiger partial charge is 0.335 e. The molecule has 0 aromatic heterocycles. The lowest BCUT2D eigenvalue weighted by Crippen LogP contribution is -2.17. The van der Waals surface area contributed by atoms with E-state index in [1.54, 1.807) is 6.92 Å². The first kappa shape index (κ1) is 12.2. The summed E-state index contributed by atoms with van der Waals surface area (Å²) in [6.45, 7) is 1.61. The van der Waals surface area contributed by atoms with Gasteiger partial charge in [0.2, 0.25) is 0 Å². The number of aliphatic hydroxyl groups excluding tert-OH is 2. The summed E-state index contributed by atoms with van der Waals surface area (Å²) in [6, 6.07) is 5.61. The standard InChI is InChI=1S/C11H11NO4/c1-6-4-7(11(15)16)2-3-8(6)10(14)9(13)5-12/h2-4,9-10,13-14H,1H3,(H,15,16). The van der Waals surface area contributed by atoms with Crippen LogP contribution < -0.4 is 0 Å². The quantitative estimate of drug-likeness (QED) is 0.649. The topological polar surface area (TPSA) is 102 Å². The molecule has 0 bridgehead atoms. The zero-order valence-electron chi connectivity index (χ0n) is 8.58. The second-order valence-corrected chi connectivity index (χ2v) is 3.40. The van der Waals surface area contributed by atoms with Crippen molar-refractivity contribution in [1.82, 2.24) is 0 Å². The minimum Gasteiger partial charge on any atom is -0.478 e. The largest absolute Gasteiger partial charge is 0.478 e. The van der Waals surface area contributed by atoms with Gasteiger partial charge in [0.25, 0.3) is 0 Å². The van der Waals surface area contributed by atoms with Gasteiger partial charge in [-0.25, -0.2) is 4.79 Å². The first-order valence-electron chi connectivity index (χ1n) is 4.57. The van der Waals surface area contributed by atoms with E-state index < -0.39 is 18.2 Å². The zero-order chi connectivity index (χ0) is 12.3. The van der Waals surface area contributed by atoms with Gasteiger partial charge in [-0.2, -0.15) is 5.26 Å². The third-order valence-corrected chi connectivity index (χ3v) is 2.27. The Morgan fingerprint density at radius 1 is 1.44 bits per heavy atom. The highest BCUT2D eigenvalue weighted by Crippen LogP contribution is 2.21. The van der Waals surface area contributed by atoms with Crippen LogP contribution in [0.2, 0.25) is 0 Å². The number of hydrogen-bond acceptors (Lipinski definition) is 4. The van der Waals surface area contributed by atoms with Crippen LogP contribution in [0.4, 0.5) is 0 Å². The van der Waals surface area contributed by atoms with Crippen LogP contribution in [0.1, 0.15) is 27.6 Å². The number of hydrogen-bond donors (Lipinski definition) is 3. The van der Waals surface area contributed by atoms with Gasteiger partial charge in [-0.05, 0) is 30.2 Å². The lowest BCUT2D eigenvalue weighted by Gasteiger charge is -2.14. The number of carboxylic acids is 1. The van der Waals surface area contributed by atoms with Crippen LogP contribution in [0, 0.1) is 18.3 Å². The highest BCUT2D eigenvalue weighted by Gasteiger charge is 2.20. The summed E-state index contributed by atoms with van der Waals surface area (Å²) in [5.74, 6) is -1.06. The van der Waals surface area contributed by atoms with E-state index in [1.165, 1.54) is 24.3 Å². The summed E-state index contributed by atoms with van der Waals surface area (Å²) >= 11 is 0. The van der Waals surface area contributed by atoms with Crippen LogP contribution in [-0.4, -0.2) is 27.4 Å². The zero-order valence-corrected chi connectivity index (χ0v) is 8.58. The van der Waals surface area contributed by atoms with Crippen LogP contribution >= 0.6 is 0 Å². The van der Waals surface area contributed by atoms with Crippen LogP contribution in [0.15, 0.2) is 18.2 Å². The van der Waals surface area contributed by atoms with Gasteiger partial charge in [0.1, 0.15) is 6.10 Å². The Bertz CT molecular complexity index is 450. The Morgan fingerprint density at radius 3 is 2.50 bits per heavy atom. The Balaban J connectivity index is 3.09. The minimum atomic E-state index is -1.52. The molecule has 0 aliphatic heterocycles. The number of aryl methyl sites for hydroxylation is 1. The van der Waals surface area contributed by atoms with E-state index in [4.69, 9.17) is 15.5 Å². The Kier molecular flexibility index (Phi) is 3.61. The summed E-state index contributed by atoms with van der Waals surface area (Å²) in [4.78, 5) is 10.7. The van der Waals surface area contributed by atoms with Crippen molar-refractivity contribution in [3.8, 4) is 6.07 Å². The highest BCUT2D eigenvalue weighted by molar-refractivity contribution is 5.87. The number of rotatable bonds is 3. The first-order chi connectivity index (χ1) is 7.47. The van der Waals surface area contributed by atoms with Crippen molar-refractivity contribution in [2.24, 2.45) is 0 Å². The fourth-order valence-electron chi connectivity index (χ4n) is 1.38. The van der Waals surface area contributed by atoms with Crippen LogP contribution in [0.5, 0.6) is 0 Å². The summed E-state index contributed by atoms with van der Waals surface area (Å²) in [6.07, 6.45) is -2.85. The Morgan fingerprint density at radius 2 is 2.06 bits per heavy atom. The number of carboxylic acid groups (broad SMARTS) is 1. The number of aromatic carboxylic acids is 1. The molecule has 0 aliphatic rings. The van der Waals surface area contributed by atoms with Crippen LogP contribution in [-0.2, 0) is 0 Å². The maximum absolute atomic E-state index is 10.7. The van der Waals surface area contributed by atoms with Crippen molar-refractivity contribution in [3.05, 3.63) is 34.9 Å². The molecule has 2 unspecified atom stereocenters. The Hall–Kier alpha value is -1.90. The van der Waals surface area contributed by atoms with Crippen molar-refractivity contribution < 1.29 is 20.1 Å². The summed E-state index contributed by atoms with van der Waals surface area (Å²) in [5.41, 5.74) is 0.959. The van der Waals surface area contributed by atoms with Gasteiger partial charge in [-0.1, -0.05) is 6.07 Å². The monoisotopic (exact) mass is 221 g/mol. The second-order valence-electron chi connectivity index (χ2n) is 3.40. The molecular weight excluding hydrogens is 210 g/mol. The molecule has 0 amide bonds. The van der Waals surface area contributed by atoms with Gasteiger partial charge in [0.05, 0.1) is 11.6 Å². The second kappa shape index (κ2) is 4.75. The number of nitriles is 1. The van der Waals surface area contributed by atoms with Gasteiger partial charge in [0, 0.05) is 0 Å². The lowest BCUT2D eigenvalue weighted by atomic mass is 9.98. The molecule has 0 saturated carbocycles. The molecule has 5 nitrogen and oxygen atoms in total. The normalized spacial score (nSPS) is 13.9. The van der Waals surface area contributed by atoms with Gasteiger partial charge in [-0.3, -0.25) is 0 Å². The highest BCUT2D eigenvalue weighted by atomic mass is 16.4. The molecule has 16 heavy (non-hydrogen) atoms. The fraction of sp³-hybridized carbons (Fsp3) is 0.273. The number of benzene rings is 1. The molecule has 0 heterocycles. The van der Waals surface area contributed by atoms with E-state index in [9.17, 15) is 9.90 Å². The average Bonchev–Trinajstić information content (AvgIpc) is 2.26. The molecule has 1 aromatic carbocycles.